The van der Waals surface area contributed by atoms with Gasteiger partial charge in [-0.25, -0.2) is 36.2 Å². The van der Waals surface area contributed by atoms with Crippen LogP contribution in [0.1, 0.15) is 135 Å². The minimum absolute atomic E-state index is 0.0350. The smallest absolute Gasteiger partial charge is 0.283 e. The number of ether oxygens (including phenoxy) is 7. The molecule has 8 aliphatic heterocycles. The van der Waals surface area contributed by atoms with E-state index in [2.05, 4.69) is 75.7 Å². The van der Waals surface area contributed by atoms with E-state index in [1.807, 2.05) is 45.2 Å². The van der Waals surface area contributed by atoms with E-state index >= 15 is 0 Å². The van der Waals surface area contributed by atoms with Crippen molar-refractivity contribution in [2.75, 3.05) is 156 Å². The number of aryl methyl sites for hydroxylation is 2. The second kappa shape index (κ2) is 32.7. The number of benzene rings is 2. The number of methoxy groups -OCH3 is 3. The summed E-state index contributed by atoms with van der Waals surface area (Å²) >= 11 is 12.9. The van der Waals surface area contributed by atoms with Crippen molar-refractivity contribution in [2.45, 2.75) is 150 Å². The van der Waals surface area contributed by atoms with E-state index in [1.165, 1.54) is 35.3 Å². The predicted octanol–water partition coefficient (Wildman–Crippen LogP) is 9.24. The molecule has 27 heteroatoms. The molecule has 4 aromatic rings. The van der Waals surface area contributed by atoms with Gasteiger partial charge in [-0.2, -0.15) is 0 Å². The maximum atomic E-state index is 13.6. The molecule has 2 spiro atoms. The number of carbonyl (C=O) groups excluding carboxylic acids is 2. The van der Waals surface area contributed by atoms with Crippen molar-refractivity contribution in [1.82, 2.24) is 39.4 Å². The molecule has 11 atom stereocenters. The normalized spacial score (nSPS) is 32.9. The van der Waals surface area contributed by atoms with Gasteiger partial charge in [0.15, 0.2) is 28.9 Å². The Bertz CT molecular complexity index is 4150. The van der Waals surface area contributed by atoms with Crippen LogP contribution in [0.2, 0.25) is 10.0 Å². The number of pyridine rings is 2. The van der Waals surface area contributed by atoms with Gasteiger partial charge in [0, 0.05) is 133 Å². The van der Waals surface area contributed by atoms with Gasteiger partial charge in [0.1, 0.15) is 17.0 Å². The van der Waals surface area contributed by atoms with Gasteiger partial charge in [0.2, 0.25) is 20.0 Å². The summed E-state index contributed by atoms with van der Waals surface area (Å²) in [5.74, 6) is 0.227. The van der Waals surface area contributed by atoms with E-state index in [1.54, 1.807) is 52.3 Å². The number of piperazine rings is 2. The standard InChI is InChI=1S/C40H54ClN5O6S.C33H42ClN3O6S.C7H14N2O/c1-27-6-4-15-40(50-3,25-44-16-18-45(19-17-44)32-22-51-23-32)34-10-8-30(34)21-46-24-39(14-5-7-29-20-31(41)9-11-33(29)39)26-52-36-13-12-35(42-37(36)46)38(47)43-53(48,49)28(27)2;1-21-7-5-16-33(41-3,42-4)27-11-9-24(27)18-37-19-32(15-6-8-23-17-25(34)10-12-26(23)32)20-43-29-14-13-28(35-30(29)37)31(38)36-44(39,40)22(21)2;1-3-9(4-2-8-1)7-5-10-6-7/h4,9,11-13,15,20,27-28,30,32,34H,5-8,10,14,16-19,21-26H2,1-3H3,(H,43,47);5,10,12-14,16-17,21-22,24,27H,6-9,11,15,18-20H2,1-4H3,(H,36,38);7-8H,1-6H2/b15-4+;16-5+;/t27-,28+,30-,34+,39-,40+;21-,22+,24-,27+,32-;/m00./s1. The Hall–Kier alpha value is -5.52. The highest BCUT2D eigenvalue weighted by molar-refractivity contribution is 7.91. The van der Waals surface area contributed by atoms with Gasteiger partial charge in [0.05, 0.1) is 62.2 Å². The highest BCUT2D eigenvalue weighted by Crippen LogP contribution is 2.52. The van der Waals surface area contributed by atoms with Gasteiger partial charge in [-0.05, 0) is 197 Å². The van der Waals surface area contributed by atoms with Crippen molar-refractivity contribution < 1.29 is 59.6 Å². The Kier molecular flexibility index (Phi) is 23.9. The minimum atomic E-state index is -3.99. The maximum absolute atomic E-state index is 13.6. The fourth-order valence-electron chi connectivity index (χ4n) is 18.8. The molecule has 16 rings (SSSR count). The van der Waals surface area contributed by atoms with Crippen LogP contribution in [-0.2, 0) is 67.4 Å². The molecule has 4 aliphatic carbocycles. The second-order valence-corrected chi connectivity index (χ2v) is 37.4. The molecule has 3 N–H and O–H groups in total. The summed E-state index contributed by atoms with van der Waals surface area (Å²) in [6, 6.07) is 20.3. The molecule has 0 unspecified atom stereocenters. The number of hydrogen-bond donors (Lipinski definition) is 3. The number of nitrogens with one attached hydrogen (secondary N) is 3. The average Bonchev–Trinajstić information content (AvgIpc) is 1.70. The zero-order chi connectivity index (χ0) is 75.0. The Balaban J connectivity index is 0.000000160. The molecule has 107 heavy (non-hydrogen) atoms. The fraction of sp³-hybridized carbons (Fsp3) is 0.650. The number of halogens is 2. The maximum Gasteiger partial charge on any atom is 0.283 e. The molecule has 6 fully saturated rings. The van der Waals surface area contributed by atoms with Crippen molar-refractivity contribution in [3.05, 3.63) is 129 Å². The number of fused-ring (bicyclic) bond motifs is 8. The zero-order valence-corrected chi connectivity index (χ0v) is 66.4. The number of amides is 2. The molecule has 0 radical (unpaired) electrons. The van der Waals surface area contributed by atoms with Crippen molar-refractivity contribution in [3.63, 3.8) is 0 Å². The average molecular weight is 1550 g/mol. The second-order valence-electron chi connectivity index (χ2n) is 32.5. The van der Waals surface area contributed by atoms with Crippen LogP contribution in [0.5, 0.6) is 11.5 Å². The van der Waals surface area contributed by atoms with Gasteiger partial charge in [0.25, 0.3) is 11.8 Å². The van der Waals surface area contributed by atoms with Crippen molar-refractivity contribution >= 4 is 66.7 Å². The highest BCUT2D eigenvalue weighted by atomic mass is 35.5. The van der Waals surface area contributed by atoms with Crippen LogP contribution >= 0.6 is 23.2 Å². The van der Waals surface area contributed by atoms with Crippen LogP contribution in [0.4, 0.5) is 11.6 Å². The quantitative estimate of drug-likeness (QED) is 0.115. The summed E-state index contributed by atoms with van der Waals surface area (Å²) in [4.78, 5) is 48.8. The molecule has 584 valence electrons. The van der Waals surface area contributed by atoms with Crippen LogP contribution in [0.25, 0.3) is 0 Å². The van der Waals surface area contributed by atoms with Gasteiger partial charge in [-0.1, -0.05) is 67.4 Å². The predicted molar refractivity (Wildman–Crippen MR) is 414 cm³/mol. The molecule has 2 aromatic heterocycles. The topological polar surface area (TPSA) is 245 Å². The first-order chi connectivity index (χ1) is 51.5. The van der Waals surface area contributed by atoms with E-state index in [0.717, 1.165) is 153 Å². The Morgan fingerprint density at radius 1 is 0.570 bits per heavy atom. The van der Waals surface area contributed by atoms with Gasteiger partial charge in [-0.15, -0.1) is 0 Å². The lowest BCUT2D eigenvalue weighted by molar-refractivity contribution is -0.233. The summed E-state index contributed by atoms with van der Waals surface area (Å²) in [5, 5.41) is 3.17. The SMILES string of the molecule is C1CN(C2COC2)CCN1.COC1(OC)/C=C/C[C@H](C)[C@@H](C)S(=O)(=O)NC(=O)c2ccc3c(n2)N(C[C@@H]2CC[C@H]21)C[C@@]1(CCCc2cc(Cl)ccc21)CO3.CO[C@@]1(CN2CCN(C3COC3)CC2)/C=C/C[C@H](C)[C@@H](C)S(=O)(=O)NC(=O)c2ccc3c(n2)N(C[C@@H]2CC[C@H]21)C[C@@]1(CCCc2cc(Cl)ccc21)CO3. The molecule has 10 heterocycles. The number of anilines is 2. The molecule has 4 bridgehead atoms. The summed E-state index contributed by atoms with van der Waals surface area (Å²) < 4.78 is 101. The fourth-order valence-corrected chi connectivity index (χ4v) is 21.7. The van der Waals surface area contributed by atoms with Crippen LogP contribution in [0.15, 0.2) is 85.0 Å². The lowest BCUT2D eigenvalue weighted by Gasteiger charge is -2.52. The third-order valence-corrected chi connectivity index (χ3v) is 30.5. The summed E-state index contributed by atoms with van der Waals surface area (Å²) in [6.07, 6.45) is 19.1. The van der Waals surface area contributed by atoms with E-state index < -0.39 is 53.7 Å². The largest absolute Gasteiger partial charge is 0.489 e. The Labute approximate surface area is 642 Å². The zero-order valence-electron chi connectivity index (χ0n) is 63.3. The molecule has 12 aliphatic rings. The van der Waals surface area contributed by atoms with E-state index in [9.17, 15) is 26.4 Å². The van der Waals surface area contributed by atoms with Crippen molar-refractivity contribution in [2.24, 2.45) is 35.5 Å². The Morgan fingerprint density at radius 2 is 1.04 bits per heavy atom. The van der Waals surface area contributed by atoms with Crippen LogP contribution in [-0.4, -0.2) is 233 Å². The summed E-state index contributed by atoms with van der Waals surface area (Å²) in [7, 11) is -2.80. The summed E-state index contributed by atoms with van der Waals surface area (Å²) in [6.45, 7) is 23.7. The number of hydrogen-bond acceptors (Lipinski definition) is 21. The van der Waals surface area contributed by atoms with E-state index in [0.29, 0.717) is 87.3 Å². The number of sulfonamides is 2. The minimum Gasteiger partial charge on any atom is -0.489 e. The van der Waals surface area contributed by atoms with Gasteiger partial charge >= 0.3 is 0 Å². The molecule has 2 saturated carbocycles. The van der Waals surface area contributed by atoms with E-state index in [-0.39, 0.29) is 51.8 Å². The monoisotopic (exact) mass is 1550 g/mol. The lowest BCUT2D eigenvalue weighted by atomic mass is 9.63. The van der Waals surface area contributed by atoms with Crippen molar-refractivity contribution in [1.29, 1.82) is 0 Å². The molecule has 2 aromatic carbocycles. The van der Waals surface area contributed by atoms with Crippen LogP contribution in [0.3, 0.4) is 0 Å². The molecular weight excluding hydrogens is 1440 g/mol. The number of rotatable bonds is 7. The van der Waals surface area contributed by atoms with Crippen LogP contribution < -0.4 is 34.0 Å². The van der Waals surface area contributed by atoms with Crippen molar-refractivity contribution in [3.8, 4) is 11.5 Å². The first-order valence-corrected chi connectivity index (χ1v) is 42.9. The lowest BCUT2D eigenvalue weighted by Crippen LogP contribution is -2.61. The third kappa shape index (κ3) is 16.3. The first kappa shape index (κ1) is 78.2. The molecule has 4 saturated heterocycles. The third-order valence-electron chi connectivity index (χ3n) is 26.2. The van der Waals surface area contributed by atoms with Gasteiger partial charge in [-0.3, -0.25) is 24.3 Å². The number of aromatic nitrogens is 2. The number of allylic oxidation sites excluding steroid dienone is 2. The van der Waals surface area contributed by atoms with Gasteiger partial charge < -0.3 is 48.3 Å². The first-order valence-electron chi connectivity index (χ1n) is 39.0. The Morgan fingerprint density at radius 3 is 1.48 bits per heavy atom. The number of nitrogens with zero attached hydrogens (tertiary/aromatic N) is 7. The molecular formula is C80H110Cl2N10O13S2. The summed E-state index contributed by atoms with van der Waals surface area (Å²) in [5.41, 5.74) is 3.91. The molecule has 23 nitrogen and oxygen atoms in total. The van der Waals surface area contributed by atoms with Crippen LogP contribution in [0, 0.1) is 35.5 Å². The highest BCUT2D eigenvalue weighted by Gasteiger charge is 2.53. The number of carbonyl (C=O) groups is 2. The molecule has 2 amide bonds. The van der Waals surface area contributed by atoms with E-state index in [4.69, 9.17) is 66.3 Å².